The van der Waals surface area contributed by atoms with Gasteiger partial charge in [0.2, 0.25) is 5.91 Å². The van der Waals surface area contributed by atoms with Crippen molar-refractivity contribution in [3.8, 4) is 0 Å². The van der Waals surface area contributed by atoms with E-state index in [2.05, 4.69) is 62.5 Å². The third-order valence-electron chi connectivity index (χ3n) is 10.5. The zero-order valence-corrected chi connectivity index (χ0v) is 35.9. The minimum Gasteiger partial charge on any atom is -0.462 e. The molecular weight excluding hydrogens is 671 g/mol. The van der Waals surface area contributed by atoms with Gasteiger partial charge in [0.05, 0.1) is 25.2 Å². The Labute approximate surface area is 334 Å². The lowest BCUT2D eigenvalue weighted by atomic mass is 10.0. The predicted octanol–water partition coefficient (Wildman–Crippen LogP) is 13.3. The molecule has 316 valence electrons. The predicted molar refractivity (Wildman–Crippen MR) is 232 cm³/mol. The standard InChI is InChI=1S/C48H89NO5/c1-4-7-10-13-16-19-21-22-23-24-26-28-30-33-36-39-44(54-48(53)41-38-35-32-29-25-20-17-14-11-8-5-2)42-47(52)49-45(43-50)46(51)40-37-34-31-27-18-15-12-9-6-3/h16,19,22-23,26,28,44-46,50-51H,4-15,17-18,20-21,24-25,27,29-43H2,1-3H3,(H,49,52)/b19-16-,23-22-,28-26-. The second-order valence-electron chi connectivity index (χ2n) is 15.8. The maximum Gasteiger partial charge on any atom is 0.306 e. The topological polar surface area (TPSA) is 95.9 Å². The van der Waals surface area contributed by atoms with Crippen LogP contribution >= 0.6 is 0 Å². The summed E-state index contributed by atoms with van der Waals surface area (Å²) in [4.78, 5) is 26.0. The van der Waals surface area contributed by atoms with Gasteiger partial charge in [-0.2, -0.15) is 0 Å². The maximum atomic E-state index is 13.1. The van der Waals surface area contributed by atoms with Crippen LogP contribution in [0.2, 0.25) is 0 Å². The minimum atomic E-state index is -0.792. The molecule has 0 saturated carbocycles. The molecule has 3 atom stereocenters. The van der Waals surface area contributed by atoms with Gasteiger partial charge in [0, 0.05) is 6.42 Å². The Morgan fingerprint density at radius 1 is 0.537 bits per heavy atom. The number of rotatable bonds is 41. The van der Waals surface area contributed by atoms with E-state index in [4.69, 9.17) is 4.74 Å². The molecule has 0 radical (unpaired) electrons. The van der Waals surface area contributed by atoms with Gasteiger partial charge >= 0.3 is 5.97 Å². The Balaban J connectivity index is 4.68. The Morgan fingerprint density at radius 2 is 0.944 bits per heavy atom. The van der Waals surface area contributed by atoms with Gasteiger partial charge in [-0.05, 0) is 64.2 Å². The molecule has 0 bridgehead atoms. The second kappa shape index (κ2) is 42.2. The monoisotopic (exact) mass is 760 g/mol. The second-order valence-corrected chi connectivity index (χ2v) is 15.8. The van der Waals surface area contributed by atoms with Crippen LogP contribution in [-0.2, 0) is 14.3 Å². The first-order chi connectivity index (χ1) is 26.5. The van der Waals surface area contributed by atoms with E-state index in [0.717, 1.165) is 70.6 Å². The van der Waals surface area contributed by atoms with Crippen molar-refractivity contribution in [1.82, 2.24) is 5.32 Å². The molecule has 0 aliphatic rings. The van der Waals surface area contributed by atoms with Crippen LogP contribution in [0.5, 0.6) is 0 Å². The molecule has 54 heavy (non-hydrogen) atoms. The van der Waals surface area contributed by atoms with E-state index in [-0.39, 0.29) is 24.9 Å². The van der Waals surface area contributed by atoms with Crippen LogP contribution < -0.4 is 5.32 Å². The van der Waals surface area contributed by atoms with Gasteiger partial charge in [-0.1, -0.05) is 192 Å². The Hall–Kier alpha value is -1.92. The van der Waals surface area contributed by atoms with Crippen molar-refractivity contribution in [2.45, 2.75) is 251 Å². The summed E-state index contributed by atoms with van der Waals surface area (Å²) in [7, 11) is 0. The average Bonchev–Trinajstić information content (AvgIpc) is 3.16. The first-order valence-electron chi connectivity index (χ1n) is 23.2. The number of aliphatic hydroxyl groups excluding tert-OH is 2. The molecule has 0 aromatic carbocycles. The minimum absolute atomic E-state index is 0.0545. The van der Waals surface area contributed by atoms with E-state index >= 15 is 0 Å². The summed E-state index contributed by atoms with van der Waals surface area (Å²) in [5.41, 5.74) is 0. The highest BCUT2D eigenvalue weighted by atomic mass is 16.5. The summed E-state index contributed by atoms with van der Waals surface area (Å²) >= 11 is 0. The third-order valence-corrected chi connectivity index (χ3v) is 10.5. The van der Waals surface area contributed by atoms with Gasteiger partial charge in [-0.3, -0.25) is 9.59 Å². The van der Waals surface area contributed by atoms with E-state index in [1.807, 2.05) is 0 Å². The number of unbranched alkanes of at least 4 members (excludes halogenated alkanes) is 23. The van der Waals surface area contributed by atoms with Crippen molar-refractivity contribution >= 4 is 11.9 Å². The van der Waals surface area contributed by atoms with Crippen LogP contribution in [0.4, 0.5) is 0 Å². The van der Waals surface area contributed by atoms with Crippen molar-refractivity contribution in [2.24, 2.45) is 0 Å². The molecular formula is C48H89NO5. The highest BCUT2D eigenvalue weighted by molar-refractivity contribution is 5.77. The van der Waals surface area contributed by atoms with E-state index in [1.165, 1.54) is 116 Å². The molecule has 0 aromatic rings. The zero-order valence-electron chi connectivity index (χ0n) is 35.9. The average molecular weight is 760 g/mol. The fourth-order valence-electron chi connectivity index (χ4n) is 6.91. The summed E-state index contributed by atoms with van der Waals surface area (Å²) < 4.78 is 5.88. The molecule has 0 fully saturated rings. The van der Waals surface area contributed by atoms with E-state index < -0.39 is 18.2 Å². The lowest BCUT2D eigenvalue weighted by molar-refractivity contribution is -0.151. The zero-order chi connectivity index (χ0) is 39.6. The van der Waals surface area contributed by atoms with Crippen LogP contribution in [0.25, 0.3) is 0 Å². The molecule has 3 N–H and O–H groups in total. The number of allylic oxidation sites excluding steroid dienone is 6. The lowest BCUT2D eigenvalue weighted by Gasteiger charge is -2.24. The molecule has 0 saturated heterocycles. The number of ether oxygens (including phenoxy) is 1. The normalized spacial score (nSPS) is 13.6. The number of esters is 1. The first-order valence-corrected chi connectivity index (χ1v) is 23.2. The fraction of sp³-hybridized carbons (Fsp3) is 0.833. The highest BCUT2D eigenvalue weighted by Gasteiger charge is 2.24. The molecule has 1 amide bonds. The number of carbonyl (C=O) groups excluding carboxylic acids is 2. The first kappa shape index (κ1) is 52.1. The van der Waals surface area contributed by atoms with Crippen LogP contribution in [0.1, 0.15) is 233 Å². The summed E-state index contributed by atoms with van der Waals surface area (Å²) in [6, 6.07) is -0.708. The van der Waals surface area contributed by atoms with Crippen LogP contribution in [0.3, 0.4) is 0 Å². The van der Waals surface area contributed by atoms with Crippen molar-refractivity contribution in [3.05, 3.63) is 36.5 Å². The van der Waals surface area contributed by atoms with Gasteiger partial charge < -0.3 is 20.3 Å². The van der Waals surface area contributed by atoms with Crippen LogP contribution in [-0.4, -0.2) is 46.9 Å². The molecule has 3 unspecified atom stereocenters. The number of hydrogen-bond acceptors (Lipinski definition) is 5. The van der Waals surface area contributed by atoms with Gasteiger partial charge in [0.25, 0.3) is 0 Å². The van der Waals surface area contributed by atoms with Gasteiger partial charge in [0.15, 0.2) is 0 Å². The summed E-state index contributed by atoms with van der Waals surface area (Å²) in [5, 5.41) is 23.6. The van der Waals surface area contributed by atoms with Crippen molar-refractivity contribution in [2.75, 3.05) is 6.61 Å². The van der Waals surface area contributed by atoms with E-state index in [9.17, 15) is 19.8 Å². The third kappa shape index (κ3) is 37.0. The van der Waals surface area contributed by atoms with Gasteiger partial charge in [0.1, 0.15) is 6.10 Å². The number of aliphatic hydroxyl groups is 2. The molecule has 6 heteroatoms. The van der Waals surface area contributed by atoms with E-state index in [0.29, 0.717) is 19.3 Å². The Bertz CT molecular complexity index is 900. The van der Waals surface area contributed by atoms with Crippen molar-refractivity contribution < 1.29 is 24.5 Å². The molecule has 0 aliphatic carbocycles. The maximum absolute atomic E-state index is 13.1. The van der Waals surface area contributed by atoms with Crippen molar-refractivity contribution in [3.63, 3.8) is 0 Å². The highest BCUT2D eigenvalue weighted by Crippen LogP contribution is 2.17. The fourth-order valence-corrected chi connectivity index (χ4v) is 6.91. The number of amides is 1. The number of hydrogen-bond donors (Lipinski definition) is 3. The molecule has 0 heterocycles. The number of nitrogens with one attached hydrogen (secondary N) is 1. The van der Waals surface area contributed by atoms with E-state index in [1.54, 1.807) is 0 Å². The van der Waals surface area contributed by atoms with Crippen LogP contribution in [0.15, 0.2) is 36.5 Å². The smallest absolute Gasteiger partial charge is 0.306 e. The summed E-state index contributed by atoms with van der Waals surface area (Å²) in [6.07, 6.45) is 47.7. The molecule has 0 rings (SSSR count). The SMILES string of the molecule is CCCCC/C=C\C/C=C\C/C=C\CCCCC(CC(=O)NC(CO)C(O)CCCCCCCCCCC)OC(=O)CCCCCCCCCCCCC. The summed E-state index contributed by atoms with van der Waals surface area (Å²) in [6.45, 7) is 6.41. The Kier molecular flexibility index (Phi) is 40.7. The molecule has 0 aromatic heterocycles. The quantitative estimate of drug-likeness (QED) is 0.0328. The Morgan fingerprint density at radius 3 is 1.44 bits per heavy atom. The molecule has 0 spiro atoms. The van der Waals surface area contributed by atoms with Crippen molar-refractivity contribution in [1.29, 1.82) is 0 Å². The molecule has 6 nitrogen and oxygen atoms in total. The summed E-state index contributed by atoms with van der Waals surface area (Å²) in [5.74, 6) is -0.509. The van der Waals surface area contributed by atoms with Gasteiger partial charge in [-0.15, -0.1) is 0 Å². The molecule has 0 aliphatic heterocycles. The lowest BCUT2D eigenvalue weighted by Crippen LogP contribution is -2.46. The van der Waals surface area contributed by atoms with Gasteiger partial charge in [-0.25, -0.2) is 0 Å². The number of carbonyl (C=O) groups is 2. The largest absolute Gasteiger partial charge is 0.462 e. The van der Waals surface area contributed by atoms with Crippen LogP contribution in [0, 0.1) is 0 Å².